The number of anilines is 1. The Morgan fingerprint density at radius 3 is 2.59 bits per heavy atom. The van der Waals surface area contributed by atoms with Crippen LogP contribution in [0.25, 0.3) is 11.0 Å². The van der Waals surface area contributed by atoms with Crippen molar-refractivity contribution in [3.8, 4) is 0 Å². The molecule has 9 nitrogen and oxygen atoms in total. The molecule has 1 saturated carbocycles. The van der Waals surface area contributed by atoms with Gasteiger partial charge in [0.2, 0.25) is 0 Å². The van der Waals surface area contributed by atoms with E-state index in [4.69, 9.17) is 4.84 Å². The normalized spacial score (nSPS) is 19.6. The first-order valence-electron chi connectivity index (χ1n) is 8.70. The molecule has 1 aliphatic rings. The van der Waals surface area contributed by atoms with E-state index in [9.17, 15) is 27.6 Å². The summed E-state index contributed by atoms with van der Waals surface area (Å²) >= 11 is 0. The molecule has 29 heavy (non-hydrogen) atoms. The maximum absolute atomic E-state index is 13.3. The number of halogens is 3. The Morgan fingerprint density at radius 1 is 1.17 bits per heavy atom. The molecule has 2 atom stereocenters. The molecule has 0 aromatic carbocycles. The van der Waals surface area contributed by atoms with Crippen molar-refractivity contribution in [2.75, 3.05) is 5.32 Å². The van der Waals surface area contributed by atoms with Crippen molar-refractivity contribution in [1.29, 1.82) is 0 Å². The van der Waals surface area contributed by atoms with Crippen LogP contribution in [0.1, 0.15) is 25.7 Å². The van der Waals surface area contributed by atoms with Crippen molar-refractivity contribution < 1.29 is 37.1 Å². The van der Waals surface area contributed by atoms with Crippen LogP contribution >= 0.6 is 0 Å². The van der Waals surface area contributed by atoms with Gasteiger partial charge >= 0.3 is 24.2 Å². The van der Waals surface area contributed by atoms with E-state index >= 15 is 0 Å². The molecule has 0 aliphatic heterocycles. The number of hydrogen-bond donors (Lipinski definition) is 2. The van der Waals surface area contributed by atoms with Crippen LogP contribution in [-0.4, -0.2) is 40.0 Å². The number of fused-ring (bicyclic) bond motifs is 1. The number of alkyl halides is 3. The summed E-state index contributed by atoms with van der Waals surface area (Å²) in [6.07, 6.45) is -1.60. The van der Waals surface area contributed by atoms with Gasteiger partial charge in [0.15, 0.2) is 5.65 Å². The summed E-state index contributed by atoms with van der Waals surface area (Å²) in [6.45, 7) is 0. The highest BCUT2D eigenvalue weighted by Gasteiger charge is 2.45. The molecule has 1 fully saturated rings. The van der Waals surface area contributed by atoms with E-state index in [1.54, 1.807) is 0 Å². The lowest BCUT2D eigenvalue weighted by molar-refractivity contribution is -0.184. The van der Waals surface area contributed by atoms with E-state index in [0.29, 0.717) is 30.3 Å². The highest BCUT2D eigenvalue weighted by Crippen LogP contribution is 2.39. The summed E-state index contributed by atoms with van der Waals surface area (Å²) < 4.78 is 44.7. The van der Waals surface area contributed by atoms with Gasteiger partial charge in [0, 0.05) is 29.5 Å². The van der Waals surface area contributed by atoms with Crippen molar-refractivity contribution >= 4 is 34.8 Å². The van der Waals surface area contributed by atoms with Crippen LogP contribution in [0.15, 0.2) is 24.5 Å². The molecule has 1 amide bonds. The molecule has 156 valence electrons. The minimum Gasteiger partial charge on any atom is -0.381 e. The predicted molar refractivity (Wildman–Crippen MR) is 92.4 cm³/mol. The first-order valence-corrected chi connectivity index (χ1v) is 8.70. The summed E-state index contributed by atoms with van der Waals surface area (Å²) in [5.74, 6) is -4.61. The van der Waals surface area contributed by atoms with E-state index in [1.165, 1.54) is 24.5 Å². The lowest BCUT2D eigenvalue weighted by atomic mass is 9.84. The van der Waals surface area contributed by atoms with Crippen LogP contribution in [0, 0.1) is 5.92 Å². The molecule has 1 aliphatic carbocycles. The number of hydrogen-bond acceptors (Lipinski definition) is 7. The average Bonchev–Trinajstić information content (AvgIpc) is 3.04. The van der Waals surface area contributed by atoms with Crippen LogP contribution in [0.5, 0.6) is 0 Å². The van der Waals surface area contributed by atoms with Gasteiger partial charge in [0.25, 0.3) is 0 Å². The number of amides is 1. The Bertz CT molecular complexity index is 943. The van der Waals surface area contributed by atoms with Gasteiger partial charge in [-0.25, -0.2) is 19.4 Å². The number of pyridine rings is 1. The number of aromatic nitrogens is 2. The topological polar surface area (TPSA) is 126 Å². The van der Waals surface area contributed by atoms with E-state index in [1.807, 2.05) is 0 Å². The summed E-state index contributed by atoms with van der Waals surface area (Å²) in [5, 5.41) is 3.31. The highest BCUT2D eigenvalue weighted by molar-refractivity contribution is 6.31. The molecule has 3 rings (SSSR count). The predicted octanol–water partition coefficient (Wildman–Crippen LogP) is 2.15. The maximum Gasteiger partial charge on any atom is 0.442 e. The molecule has 0 spiro atoms. The van der Waals surface area contributed by atoms with Crippen LogP contribution in [0.4, 0.5) is 23.7 Å². The van der Waals surface area contributed by atoms with Gasteiger partial charge in [-0.3, -0.25) is 0 Å². The van der Waals surface area contributed by atoms with Crippen LogP contribution < -0.4 is 15.9 Å². The fourth-order valence-corrected chi connectivity index (χ4v) is 3.37. The quantitative estimate of drug-likeness (QED) is 0.448. The zero-order chi connectivity index (χ0) is 21.2. The summed E-state index contributed by atoms with van der Waals surface area (Å²) in [5.41, 5.74) is 5.11. The number of rotatable bonds is 3. The molecular weight excluding hydrogens is 397 g/mol. The van der Waals surface area contributed by atoms with Crippen molar-refractivity contribution in [2.24, 2.45) is 11.7 Å². The first-order chi connectivity index (χ1) is 13.7. The number of primary amides is 1. The number of nitrogens with zero attached hydrogens (tertiary/aromatic N) is 2. The number of carbonyl (C=O) groups excluding carboxylic acids is 3. The second-order valence-electron chi connectivity index (χ2n) is 6.51. The number of nitrogens with two attached hydrogens (primary N) is 1. The standard InChI is InChI=1S/C17H17F3N4O5/c18-17(19,20)10-3-1-2-4-12(10)23-11-5-7-22-13-9(11)6-8-24(13)29-15(26)14(25)28-16(21)27/h5-8,10,12H,1-4H2,(H2,21,27)(H,22,23)/t10-,12+/m0/s1. The first kappa shape index (κ1) is 20.4. The fourth-order valence-electron chi connectivity index (χ4n) is 3.37. The number of carbonyl (C=O) groups is 3. The Kier molecular flexibility index (Phi) is 5.62. The second-order valence-corrected chi connectivity index (χ2v) is 6.51. The van der Waals surface area contributed by atoms with Crippen LogP contribution in [0.2, 0.25) is 0 Å². The zero-order valence-electron chi connectivity index (χ0n) is 14.9. The number of ether oxygens (including phenoxy) is 1. The molecule has 0 saturated heterocycles. The Morgan fingerprint density at radius 2 is 1.90 bits per heavy atom. The SMILES string of the molecule is NC(=O)OC(=O)C(=O)On1ccc2c(N[C@@H]3CCCC[C@@H]3C(F)(F)F)ccnc21. The zero-order valence-corrected chi connectivity index (χ0v) is 14.9. The second kappa shape index (κ2) is 7.97. The third kappa shape index (κ3) is 4.58. The third-order valence-electron chi connectivity index (χ3n) is 4.62. The molecule has 12 heteroatoms. The van der Waals surface area contributed by atoms with Crippen molar-refractivity contribution in [3.63, 3.8) is 0 Å². The minimum atomic E-state index is -4.31. The lowest BCUT2D eigenvalue weighted by Gasteiger charge is -2.34. The molecule has 2 heterocycles. The van der Waals surface area contributed by atoms with Gasteiger partial charge in [0.05, 0.1) is 5.92 Å². The average molecular weight is 414 g/mol. The van der Waals surface area contributed by atoms with Crippen molar-refractivity contribution in [3.05, 3.63) is 24.5 Å². The Hall–Kier alpha value is -3.31. The molecule has 0 unspecified atom stereocenters. The Balaban J connectivity index is 1.82. The fraction of sp³-hybridized carbons (Fsp3) is 0.412. The lowest BCUT2D eigenvalue weighted by Crippen LogP contribution is -2.41. The van der Waals surface area contributed by atoms with Gasteiger partial charge in [-0.1, -0.05) is 12.8 Å². The molecule has 0 bridgehead atoms. The van der Waals surface area contributed by atoms with Crippen molar-refractivity contribution in [2.45, 2.75) is 37.9 Å². The van der Waals surface area contributed by atoms with Crippen molar-refractivity contribution in [1.82, 2.24) is 9.71 Å². The van der Waals surface area contributed by atoms with Gasteiger partial charge in [-0.05, 0) is 25.0 Å². The summed E-state index contributed by atoms with van der Waals surface area (Å²) in [6, 6.07) is 2.17. The molecule has 2 aromatic rings. The molecule has 0 radical (unpaired) electrons. The largest absolute Gasteiger partial charge is 0.442 e. The van der Waals surface area contributed by atoms with Gasteiger partial charge in [-0.15, -0.1) is 0 Å². The Labute approximate surface area is 161 Å². The maximum atomic E-state index is 13.3. The molecular formula is C17H17F3N4O5. The molecule has 2 aromatic heterocycles. The van der Waals surface area contributed by atoms with Gasteiger partial charge in [-0.2, -0.15) is 17.9 Å². The minimum absolute atomic E-state index is 0.0516. The number of nitrogens with one attached hydrogen (secondary N) is 1. The van der Waals surface area contributed by atoms with E-state index in [2.05, 4.69) is 20.8 Å². The van der Waals surface area contributed by atoms with E-state index in [0.717, 1.165) is 4.73 Å². The van der Waals surface area contributed by atoms with E-state index in [-0.39, 0.29) is 12.1 Å². The summed E-state index contributed by atoms with van der Waals surface area (Å²) in [7, 11) is 0. The highest BCUT2D eigenvalue weighted by atomic mass is 19.4. The summed E-state index contributed by atoms with van der Waals surface area (Å²) in [4.78, 5) is 42.3. The van der Waals surface area contributed by atoms with Gasteiger partial charge in [0.1, 0.15) is 0 Å². The van der Waals surface area contributed by atoms with E-state index < -0.39 is 36.2 Å². The van der Waals surface area contributed by atoms with Crippen LogP contribution in [-0.2, 0) is 14.3 Å². The smallest absolute Gasteiger partial charge is 0.381 e. The number of esters is 1. The third-order valence-corrected chi connectivity index (χ3v) is 4.62. The van der Waals surface area contributed by atoms with Crippen LogP contribution in [0.3, 0.4) is 0 Å². The molecule has 3 N–H and O–H groups in total. The monoisotopic (exact) mass is 414 g/mol. The van der Waals surface area contributed by atoms with Gasteiger partial charge < -0.3 is 20.6 Å².